The topological polar surface area (TPSA) is 202 Å². The van der Waals surface area contributed by atoms with Crippen LogP contribution >= 0.6 is 12.2 Å². The van der Waals surface area contributed by atoms with Crippen LogP contribution < -0.4 is 25.4 Å². The SMILES string of the molecule is O=C(CCCOc1ccc2nc(-c3cn(-c4ccc(O)c(F)c4)nn3)ccc2c1)NCCCCCNC(=S)Nc1ccc2c(c1)C(=O)OC21c2ccc(O)cc2Oc2cc(O)ccc21. The summed E-state index contributed by atoms with van der Waals surface area (Å²) in [6, 6.07) is 27.8. The van der Waals surface area contributed by atoms with Crippen LogP contribution in [-0.2, 0) is 15.1 Å². The van der Waals surface area contributed by atoms with E-state index in [9.17, 15) is 29.3 Å². The number of benzene rings is 5. The molecule has 1 spiro atoms. The number of aromatic hydroxyl groups is 3. The Hall–Kier alpha value is -7.79. The van der Waals surface area contributed by atoms with Gasteiger partial charge < -0.3 is 45.5 Å². The highest BCUT2D eigenvalue weighted by Gasteiger charge is 2.53. The first kappa shape index (κ1) is 41.6. The average Bonchev–Trinajstić information content (AvgIpc) is 3.89. The summed E-state index contributed by atoms with van der Waals surface area (Å²) < 4.78 is 33.3. The molecule has 0 bridgehead atoms. The molecule has 0 radical (unpaired) electrons. The van der Waals surface area contributed by atoms with Gasteiger partial charge in [-0.3, -0.25) is 4.79 Å². The number of halogens is 1. The van der Waals surface area contributed by atoms with Crippen molar-refractivity contribution in [3.05, 3.63) is 137 Å². The fourth-order valence-corrected chi connectivity index (χ4v) is 8.03. The zero-order valence-electron chi connectivity index (χ0n) is 34.0. The van der Waals surface area contributed by atoms with Crippen LogP contribution in [0.2, 0.25) is 0 Å². The second kappa shape index (κ2) is 17.5. The van der Waals surface area contributed by atoms with E-state index in [1.165, 1.54) is 47.1 Å². The van der Waals surface area contributed by atoms with Crippen LogP contribution in [0.4, 0.5) is 10.1 Å². The largest absolute Gasteiger partial charge is 0.508 e. The molecule has 0 saturated carbocycles. The van der Waals surface area contributed by atoms with Crippen molar-refractivity contribution in [2.75, 3.05) is 25.0 Å². The molecular weight excluding hydrogens is 842 g/mol. The standard InChI is InChI=1S/C47H40FN7O8S/c48-37-23-29(8-17-41(37)58)55-26-40(53-54-55)39-15-6-27-21-32(11-16-38(27)52-39)61-20-4-5-44(59)49-18-2-1-3-19-50-46(64)51-28-7-12-34-33(22-28)45(60)63-47(34)35-13-9-30(56)24-42(35)62-43-25-31(57)10-14-36(43)47/h6-17,21-26,56-58H,1-5,18-20H2,(H,49,59)(H2,50,51,64). The number of phenols is 3. The lowest BCUT2D eigenvalue weighted by atomic mass is 9.77. The highest BCUT2D eigenvalue weighted by molar-refractivity contribution is 7.80. The molecule has 0 saturated heterocycles. The first-order valence-corrected chi connectivity index (χ1v) is 20.9. The number of fused-ring (bicyclic) bond motifs is 7. The molecule has 2 aromatic heterocycles. The molecule has 5 aromatic carbocycles. The van der Waals surface area contributed by atoms with Crippen molar-refractivity contribution in [2.45, 2.75) is 37.7 Å². The van der Waals surface area contributed by atoms with Crippen LogP contribution in [0, 0.1) is 5.82 Å². The predicted molar refractivity (Wildman–Crippen MR) is 238 cm³/mol. The Balaban J connectivity index is 0.677. The fourth-order valence-electron chi connectivity index (χ4n) is 7.81. The normalized spacial score (nSPS) is 13.0. The summed E-state index contributed by atoms with van der Waals surface area (Å²) in [4.78, 5) is 30.5. The van der Waals surface area contributed by atoms with Gasteiger partial charge in [0.2, 0.25) is 5.91 Å². The minimum atomic E-state index is -1.34. The number of rotatable bonds is 14. The van der Waals surface area contributed by atoms with Gasteiger partial charge in [0, 0.05) is 65.5 Å². The molecule has 9 rings (SSSR count). The summed E-state index contributed by atoms with van der Waals surface area (Å²) in [5.74, 6) is -0.529. The maximum absolute atomic E-state index is 13.8. The number of carbonyl (C=O) groups excluding carboxylic acids is 2. The Morgan fingerprint density at radius 3 is 2.31 bits per heavy atom. The van der Waals surface area contributed by atoms with Gasteiger partial charge in [-0.15, -0.1) is 5.10 Å². The number of thiocarbonyl (C=S) groups is 1. The summed E-state index contributed by atoms with van der Waals surface area (Å²) in [7, 11) is 0. The third kappa shape index (κ3) is 8.40. The summed E-state index contributed by atoms with van der Waals surface area (Å²) in [6.07, 6.45) is 5.02. The van der Waals surface area contributed by atoms with E-state index in [0.717, 1.165) is 30.2 Å². The van der Waals surface area contributed by atoms with Gasteiger partial charge in [-0.2, -0.15) is 0 Å². The van der Waals surface area contributed by atoms with E-state index < -0.39 is 23.1 Å². The van der Waals surface area contributed by atoms with Crippen LogP contribution in [0.1, 0.15) is 59.2 Å². The molecule has 0 atom stereocenters. The molecule has 6 N–H and O–H groups in total. The molecule has 7 aromatic rings. The number of aromatic nitrogens is 4. The molecule has 324 valence electrons. The van der Waals surface area contributed by atoms with E-state index in [0.29, 0.717) is 99.9 Å². The van der Waals surface area contributed by atoms with Crippen molar-refractivity contribution in [1.82, 2.24) is 30.6 Å². The number of nitrogens with zero attached hydrogens (tertiary/aromatic N) is 4. The zero-order chi connectivity index (χ0) is 44.4. The highest BCUT2D eigenvalue weighted by Crippen LogP contribution is 2.57. The van der Waals surface area contributed by atoms with Gasteiger partial charge in [0.1, 0.15) is 34.4 Å². The van der Waals surface area contributed by atoms with Crippen molar-refractivity contribution in [2.24, 2.45) is 0 Å². The van der Waals surface area contributed by atoms with E-state index in [4.69, 9.17) is 26.4 Å². The van der Waals surface area contributed by atoms with Crippen molar-refractivity contribution in [3.8, 4) is 51.6 Å². The van der Waals surface area contributed by atoms with Crippen LogP contribution in [0.3, 0.4) is 0 Å². The number of esters is 1. The molecule has 2 aliphatic heterocycles. The van der Waals surface area contributed by atoms with E-state index in [2.05, 4.69) is 31.2 Å². The maximum atomic E-state index is 13.8. The smallest absolute Gasteiger partial charge is 0.340 e. The zero-order valence-corrected chi connectivity index (χ0v) is 34.8. The van der Waals surface area contributed by atoms with E-state index >= 15 is 0 Å². The van der Waals surface area contributed by atoms with Gasteiger partial charge in [0.25, 0.3) is 0 Å². The van der Waals surface area contributed by atoms with Gasteiger partial charge in [-0.1, -0.05) is 17.3 Å². The monoisotopic (exact) mass is 881 g/mol. The minimum Gasteiger partial charge on any atom is -0.508 e. The van der Waals surface area contributed by atoms with Crippen LogP contribution in [-0.4, -0.2) is 72.0 Å². The molecular formula is C47H40FN7O8S. The summed E-state index contributed by atoms with van der Waals surface area (Å²) >= 11 is 5.53. The number of anilines is 1. The number of hydrogen-bond acceptors (Lipinski definition) is 12. The Labute approximate surface area is 370 Å². The second-order valence-corrected chi connectivity index (χ2v) is 15.7. The Kier molecular flexibility index (Phi) is 11.4. The van der Waals surface area contributed by atoms with Gasteiger partial charge in [0.15, 0.2) is 22.3 Å². The van der Waals surface area contributed by atoms with Gasteiger partial charge in [-0.05, 0) is 111 Å². The first-order valence-electron chi connectivity index (χ1n) is 20.5. The number of nitrogens with one attached hydrogen (secondary N) is 3. The molecule has 0 aliphatic carbocycles. The minimum absolute atomic E-state index is 0.0176. The molecule has 2 aliphatic rings. The van der Waals surface area contributed by atoms with Gasteiger partial charge in [0.05, 0.1) is 35.3 Å². The van der Waals surface area contributed by atoms with Crippen LogP contribution in [0.25, 0.3) is 28.0 Å². The number of pyridine rings is 1. The third-order valence-corrected chi connectivity index (χ3v) is 11.2. The fraction of sp³-hybridized carbons (Fsp3) is 0.191. The summed E-state index contributed by atoms with van der Waals surface area (Å²) in [5.41, 5.74) is 3.52. The van der Waals surface area contributed by atoms with Crippen LogP contribution in [0.15, 0.2) is 109 Å². The second-order valence-electron chi connectivity index (χ2n) is 15.3. The maximum Gasteiger partial charge on any atom is 0.340 e. The lowest BCUT2D eigenvalue weighted by Crippen LogP contribution is -2.33. The van der Waals surface area contributed by atoms with Crippen LogP contribution in [0.5, 0.6) is 34.5 Å². The number of hydrogen-bond donors (Lipinski definition) is 6. The van der Waals surface area contributed by atoms with Crippen molar-refractivity contribution >= 4 is 45.8 Å². The molecule has 0 unspecified atom stereocenters. The lowest BCUT2D eigenvalue weighted by molar-refractivity contribution is -0.121. The van der Waals surface area contributed by atoms with Crippen molar-refractivity contribution in [3.63, 3.8) is 0 Å². The molecule has 64 heavy (non-hydrogen) atoms. The van der Waals surface area contributed by atoms with E-state index in [-0.39, 0.29) is 17.4 Å². The van der Waals surface area contributed by atoms with E-state index in [1.807, 2.05) is 36.4 Å². The molecule has 0 fully saturated rings. The highest BCUT2D eigenvalue weighted by atomic mass is 32.1. The van der Waals surface area contributed by atoms with E-state index in [1.54, 1.807) is 30.5 Å². The van der Waals surface area contributed by atoms with Gasteiger partial charge >= 0.3 is 5.97 Å². The number of phenolic OH excluding ortho intramolecular Hbond substituents is 3. The number of unbranched alkanes of at least 4 members (excludes halogenated alkanes) is 2. The number of ether oxygens (including phenoxy) is 3. The Bertz CT molecular complexity index is 2910. The molecule has 4 heterocycles. The summed E-state index contributed by atoms with van der Waals surface area (Å²) in [5, 5.41) is 48.6. The Morgan fingerprint density at radius 1 is 0.797 bits per heavy atom. The average molecular weight is 882 g/mol. The first-order chi connectivity index (χ1) is 31.0. The number of carbonyl (C=O) groups is 2. The van der Waals surface area contributed by atoms with Gasteiger partial charge in [-0.25, -0.2) is 18.9 Å². The molecule has 17 heteroatoms. The molecule has 15 nitrogen and oxygen atoms in total. The number of amides is 1. The third-order valence-electron chi connectivity index (χ3n) is 10.9. The quantitative estimate of drug-likeness (QED) is 0.0352. The van der Waals surface area contributed by atoms with Crippen molar-refractivity contribution < 1.29 is 43.5 Å². The lowest BCUT2D eigenvalue weighted by Gasteiger charge is -2.36. The van der Waals surface area contributed by atoms with Crippen molar-refractivity contribution in [1.29, 1.82) is 0 Å². The predicted octanol–water partition coefficient (Wildman–Crippen LogP) is 7.74. The molecule has 1 amide bonds. The Morgan fingerprint density at radius 2 is 1.55 bits per heavy atom. The summed E-state index contributed by atoms with van der Waals surface area (Å²) in [6.45, 7) is 1.54.